The maximum Gasteiger partial charge on any atom is 0.251 e. The van der Waals surface area contributed by atoms with Crippen LogP contribution in [0.15, 0.2) is 48.5 Å². The molecule has 0 radical (unpaired) electrons. The van der Waals surface area contributed by atoms with Gasteiger partial charge in [-0.1, -0.05) is 49.6 Å². The molecule has 3 saturated carbocycles. The Labute approximate surface area is 202 Å². The third-order valence-corrected chi connectivity index (χ3v) is 10.2. The maximum atomic E-state index is 13.0. The first kappa shape index (κ1) is 21.6. The standard InChI is InChI=1S/C29H36N2OS/c32-29(30-15-16-33-23-9-5-2-6-10-23)22-13-14-25-24(18-22)26-20-11-12-21(17-20)27(26)28(31-25)19-7-3-1-4-8-19/h1,3-4,7-8,13-14,18,20-21,23,26-28,31H,2,5-6,9-12,15-17H2,(H,30,32)/t20-,21-,26-,27+,28-/m0/s1. The Kier molecular flexibility index (Phi) is 6.13. The van der Waals surface area contributed by atoms with Crippen LogP contribution in [0.25, 0.3) is 0 Å². The van der Waals surface area contributed by atoms with Gasteiger partial charge in [0.2, 0.25) is 0 Å². The quantitative estimate of drug-likeness (QED) is 0.467. The lowest BCUT2D eigenvalue weighted by Gasteiger charge is -2.43. The average molecular weight is 461 g/mol. The van der Waals surface area contributed by atoms with Gasteiger partial charge in [-0.3, -0.25) is 4.79 Å². The van der Waals surface area contributed by atoms with Crippen LogP contribution in [0, 0.1) is 17.8 Å². The van der Waals surface area contributed by atoms with Gasteiger partial charge in [0, 0.05) is 28.8 Å². The normalized spacial score (nSPS) is 30.4. The number of carbonyl (C=O) groups excluding carboxylic acids is 1. The largest absolute Gasteiger partial charge is 0.378 e. The van der Waals surface area contributed by atoms with E-state index in [1.807, 2.05) is 6.07 Å². The highest BCUT2D eigenvalue weighted by molar-refractivity contribution is 7.99. The van der Waals surface area contributed by atoms with E-state index >= 15 is 0 Å². The van der Waals surface area contributed by atoms with Crippen LogP contribution in [0.3, 0.4) is 0 Å². The van der Waals surface area contributed by atoms with Gasteiger partial charge in [-0.2, -0.15) is 11.8 Å². The summed E-state index contributed by atoms with van der Waals surface area (Å²) in [5, 5.41) is 7.89. The first-order chi connectivity index (χ1) is 16.3. The van der Waals surface area contributed by atoms with Crippen molar-refractivity contribution < 1.29 is 4.79 Å². The fourth-order valence-corrected chi connectivity index (χ4v) is 8.56. The number of carbonyl (C=O) groups is 1. The minimum Gasteiger partial charge on any atom is -0.378 e. The van der Waals surface area contributed by atoms with Crippen molar-refractivity contribution in [1.82, 2.24) is 5.32 Å². The number of fused-ring (bicyclic) bond motifs is 7. The van der Waals surface area contributed by atoms with Gasteiger partial charge in [-0.25, -0.2) is 0 Å². The Morgan fingerprint density at radius 1 is 0.970 bits per heavy atom. The van der Waals surface area contributed by atoms with Crippen LogP contribution in [0.1, 0.15) is 84.8 Å². The smallest absolute Gasteiger partial charge is 0.251 e. The molecule has 3 nitrogen and oxygen atoms in total. The monoisotopic (exact) mass is 460 g/mol. The predicted octanol–water partition coefficient (Wildman–Crippen LogP) is 6.78. The van der Waals surface area contributed by atoms with E-state index in [1.54, 1.807) is 0 Å². The molecule has 0 aromatic heterocycles. The summed E-state index contributed by atoms with van der Waals surface area (Å²) in [6, 6.07) is 17.8. The SMILES string of the molecule is O=C(NCCSC1CCCCC1)c1ccc2c(c1)[C@@H]1[C@H]3CC[C@@H](C3)[C@H]1[C@H](c1ccccc1)N2. The molecule has 0 saturated heterocycles. The molecular formula is C29H36N2OS. The van der Waals surface area contributed by atoms with Crippen LogP contribution < -0.4 is 10.6 Å². The van der Waals surface area contributed by atoms with Gasteiger partial charge in [0.1, 0.15) is 0 Å². The fraction of sp³-hybridized carbons (Fsp3) is 0.552. The minimum atomic E-state index is 0.0898. The van der Waals surface area contributed by atoms with E-state index in [0.29, 0.717) is 17.9 Å². The van der Waals surface area contributed by atoms with E-state index in [9.17, 15) is 4.79 Å². The molecule has 3 fully saturated rings. The molecule has 2 bridgehead atoms. The highest BCUT2D eigenvalue weighted by Gasteiger charge is 2.53. The van der Waals surface area contributed by atoms with Crippen LogP contribution in [0.2, 0.25) is 0 Å². The lowest BCUT2D eigenvalue weighted by atomic mass is 9.68. The van der Waals surface area contributed by atoms with Gasteiger partial charge in [-0.05, 0) is 85.1 Å². The molecule has 6 rings (SSSR count). The number of anilines is 1. The summed E-state index contributed by atoms with van der Waals surface area (Å²) < 4.78 is 0. The summed E-state index contributed by atoms with van der Waals surface area (Å²) in [4.78, 5) is 13.0. The van der Waals surface area contributed by atoms with Crippen molar-refractivity contribution in [3.63, 3.8) is 0 Å². The van der Waals surface area contributed by atoms with Crippen LogP contribution in [0.5, 0.6) is 0 Å². The lowest BCUT2D eigenvalue weighted by molar-refractivity contribution is 0.0956. The van der Waals surface area contributed by atoms with Crippen molar-refractivity contribution in [3.05, 3.63) is 65.2 Å². The first-order valence-electron chi connectivity index (χ1n) is 13.1. The zero-order valence-corrected chi connectivity index (χ0v) is 20.3. The molecule has 2 aromatic rings. The highest BCUT2D eigenvalue weighted by atomic mass is 32.2. The number of benzene rings is 2. The summed E-state index contributed by atoms with van der Waals surface area (Å²) in [5.41, 5.74) is 4.87. The van der Waals surface area contributed by atoms with Crippen molar-refractivity contribution in [2.24, 2.45) is 17.8 Å². The molecule has 0 spiro atoms. The van der Waals surface area contributed by atoms with Crippen LogP contribution in [0.4, 0.5) is 5.69 Å². The molecule has 33 heavy (non-hydrogen) atoms. The molecular weight excluding hydrogens is 424 g/mol. The minimum absolute atomic E-state index is 0.0898. The number of rotatable bonds is 6. The Morgan fingerprint density at radius 3 is 2.64 bits per heavy atom. The van der Waals surface area contributed by atoms with Gasteiger partial charge >= 0.3 is 0 Å². The number of hydrogen-bond donors (Lipinski definition) is 2. The molecule has 1 heterocycles. The summed E-state index contributed by atoms with van der Waals surface area (Å²) in [7, 11) is 0. The summed E-state index contributed by atoms with van der Waals surface area (Å²) in [6.45, 7) is 0.766. The zero-order chi connectivity index (χ0) is 22.2. The van der Waals surface area contributed by atoms with E-state index < -0.39 is 0 Å². The zero-order valence-electron chi connectivity index (χ0n) is 19.5. The summed E-state index contributed by atoms with van der Waals surface area (Å²) in [6.07, 6.45) is 10.9. The van der Waals surface area contributed by atoms with Crippen LogP contribution in [-0.4, -0.2) is 23.5 Å². The molecule has 1 aliphatic heterocycles. The van der Waals surface area contributed by atoms with E-state index in [4.69, 9.17) is 0 Å². The van der Waals surface area contributed by atoms with Gasteiger partial charge < -0.3 is 10.6 Å². The molecule has 4 heteroatoms. The molecule has 5 atom stereocenters. The lowest BCUT2D eigenvalue weighted by Crippen LogP contribution is -2.36. The summed E-state index contributed by atoms with van der Waals surface area (Å²) in [5.74, 6) is 3.92. The third-order valence-electron chi connectivity index (χ3n) is 8.80. The fourth-order valence-electron chi connectivity index (χ4n) is 7.34. The first-order valence-corrected chi connectivity index (χ1v) is 14.2. The average Bonchev–Trinajstić information content (AvgIpc) is 3.50. The molecule has 174 valence electrons. The number of thioether (sulfide) groups is 1. The second kappa shape index (κ2) is 9.37. The van der Waals surface area contributed by atoms with Crippen molar-refractivity contribution in [2.45, 2.75) is 68.6 Å². The molecule has 2 aromatic carbocycles. The highest BCUT2D eigenvalue weighted by Crippen LogP contribution is 2.63. The molecule has 4 aliphatic rings. The number of hydrogen-bond acceptors (Lipinski definition) is 3. The maximum absolute atomic E-state index is 13.0. The molecule has 3 aliphatic carbocycles. The molecule has 1 amide bonds. The topological polar surface area (TPSA) is 41.1 Å². The Morgan fingerprint density at radius 2 is 1.79 bits per heavy atom. The third kappa shape index (κ3) is 4.20. The van der Waals surface area contributed by atoms with E-state index in [-0.39, 0.29) is 5.91 Å². The van der Waals surface area contributed by atoms with Crippen molar-refractivity contribution in [2.75, 3.05) is 17.6 Å². The van der Waals surface area contributed by atoms with Gasteiger partial charge in [0.25, 0.3) is 5.91 Å². The Bertz CT molecular complexity index is 986. The van der Waals surface area contributed by atoms with E-state index in [1.165, 1.54) is 68.2 Å². The Balaban J connectivity index is 1.17. The van der Waals surface area contributed by atoms with Crippen molar-refractivity contribution >= 4 is 23.4 Å². The van der Waals surface area contributed by atoms with E-state index in [2.05, 4.69) is 64.9 Å². The number of nitrogens with one attached hydrogen (secondary N) is 2. The van der Waals surface area contributed by atoms with Crippen LogP contribution in [-0.2, 0) is 0 Å². The summed E-state index contributed by atoms with van der Waals surface area (Å²) >= 11 is 2.05. The van der Waals surface area contributed by atoms with Gasteiger partial charge in [-0.15, -0.1) is 0 Å². The van der Waals surface area contributed by atoms with Crippen LogP contribution >= 0.6 is 11.8 Å². The predicted molar refractivity (Wildman–Crippen MR) is 138 cm³/mol. The molecule has 0 unspecified atom stereocenters. The van der Waals surface area contributed by atoms with Crippen molar-refractivity contribution in [3.8, 4) is 0 Å². The van der Waals surface area contributed by atoms with Crippen molar-refractivity contribution in [1.29, 1.82) is 0 Å². The second-order valence-electron chi connectivity index (χ2n) is 10.7. The van der Waals surface area contributed by atoms with E-state index in [0.717, 1.165) is 34.9 Å². The second-order valence-corrected chi connectivity index (χ2v) is 12.1. The Hall–Kier alpha value is -1.94. The van der Waals surface area contributed by atoms with Gasteiger partial charge in [0.15, 0.2) is 0 Å². The van der Waals surface area contributed by atoms with Gasteiger partial charge in [0.05, 0.1) is 6.04 Å². The molecule has 2 N–H and O–H groups in total. The number of amides is 1.